The first-order valence-corrected chi connectivity index (χ1v) is 7.24. The van der Waals surface area contributed by atoms with E-state index >= 15 is 0 Å². The van der Waals surface area contributed by atoms with E-state index in [0.717, 1.165) is 15.8 Å². The second-order valence-corrected chi connectivity index (χ2v) is 5.33. The molecule has 0 aromatic heterocycles. The molecule has 0 fully saturated rings. The van der Waals surface area contributed by atoms with E-state index in [9.17, 15) is 4.39 Å². The van der Waals surface area contributed by atoms with E-state index in [1.54, 1.807) is 32.4 Å². The molecule has 0 bridgehead atoms. The second-order valence-electron chi connectivity index (χ2n) is 4.48. The van der Waals surface area contributed by atoms with E-state index in [-0.39, 0.29) is 17.6 Å². The van der Waals surface area contributed by atoms with Crippen LogP contribution in [-0.4, -0.2) is 21.3 Å². The summed E-state index contributed by atoms with van der Waals surface area (Å²) < 4.78 is 25.5. The zero-order chi connectivity index (χ0) is 15.4. The average molecular weight is 354 g/mol. The fourth-order valence-electron chi connectivity index (χ4n) is 2.27. The van der Waals surface area contributed by atoms with Gasteiger partial charge in [0.05, 0.1) is 24.7 Å². The largest absolute Gasteiger partial charge is 0.496 e. The van der Waals surface area contributed by atoms with E-state index in [0.29, 0.717) is 5.56 Å². The van der Waals surface area contributed by atoms with E-state index < -0.39 is 0 Å². The highest BCUT2D eigenvalue weighted by Crippen LogP contribution is 2.33. The summed E-state index contributed by atoms with van der Waals surface area (Å²) in [6.45, 7) is 0. The van der Waals surface area contributed by atoms with Gasteiger partial charge in [0.15, 0.2) is 11.6 Å². The smallest absolute Gasteiger partial charge is 0.170 e. The minimum atomic E-state index is -0.355. The van der Waals surface area contributed by atoms with E-state index in [2.05, 4.69) is 21.2 Å². The molecule has 0 aliphatic heterocycles. The number of hydrogen-bond donors (Lipinski definition) is 1. The maximum absolute atomic E-state index is 14.4. The summed E-state index contributed by atoms with van der Waals surface area (Å²) in [4.78, 5) is 0. The van der Waals surface area contributed by atoms with Crippen molar-refractivity contribution in [2.75, 3.05) is 21.3 Å². The number of halogens is 2. The molecule has 0 radical (unpaired) electrons. The Morgan fingerprint density at radius 2 is 1.81 bits per heavy atom. The van der Waals surface area contributed by atoms with Crippen LogP contribution in [0, 0.1) is 5.82 Å². The molecule has 1 atom stereocenters. The van der Waals surface area contributed by atoms with E-state index in [1.807, 2.05) is 18.2 Å². The highest BCUT2D eigenvalue weighted by molar-refractivity contribution is 9.10. The Bertz CT molecular complexity index is 634. The monoisotopic (exact) mass is 353 g/mol. The molecule has 2 aromatic rings. The van der Waals surface area contributed by atoms with Gasteiger partial charge in [-0.3, -0.25) is 0 Å². The average Bonchev–Trinajstić information content (AvgIpc) is 2.50. The van der Waals surface area contributed by atoms with Gasteiger partial charge in [-0.2, -0.15) is 0 Å². The number of hydrogen-bond acceptors (Lipinski definition) is 3. The lowest BCUT2D eigenvalue weighted by atomic mass is 9.98. The topological polar surface area (TPSA) is 30.5 Å². The van der Waals surface area contributed by atoms with Crippen LogP contribution in [0.4, 0.5) is 4.39 Å². The van der Waals surface area contributed by atoms with E-state index in [1.165, 1.54) is 7.11 Å². The SMILES string of the molecule is CNC(c1ccc(OC)c(Br)c1)c1cccc(OC)c1F. The summed E-state index contributed by atoms with van der Waals surface area (Å²) in [6, 6.07) is 10.5. The standard InChI is InChI=1S/C16H17BrFNO2/c1-19-16(10-7-8-13(20-2)12(17)9-10)11-5-4-6-14(21-3)15(11)18/h4-9,16,19H,1-3H3. The minimum Gasteiger partial charge on any atom is -0.496 e. The molecule has 0 aliphatic carbocycles. The van der Waals surface area contributed by atoms with E-state index in [4.69, 9.17) is 9.47 Å². The van der Waals surface area contributed by atoms with Crippen molar-refractivity contribution in [3.63, 3.8) is 0 Å². The van der Waals surface area contributed by atoms with Crippen LogP contribution < -0.4 is 14.8 Å². The first-order valence-electron chi connectivity index (χ1n) is 6.45. The van der Waals surface area contributed by atoms with Crippen molar-refractivity contribution in [2.45, 2.75) is 6.04 Å². The molecule has 1 unspecified atom stereocenters. The molecular weight excluding hydrogens is 337 g/mol. The molecule has 0 spiro atoms. The van der Waals surface area contributed by atoms with Crippen molar-refractivity contribution < 1.29 is 13.9 Å². The predicted octanol–water partition coefficient (Wildman–Crippen LogP) is 3.91. The molecule has 3 nitrogen and oxygen atoms in total. The predicted molar refractivity (Wildman–Crippen MR) is 84.5 cm³/mol. The normalized spacial score (nSPS) is 12.0. The summed E-state index contributed by atoms with van der Waals surface area (Å²) >= 11 is 3.45. The van der Waals surface area contributed by atoms with Gasteiger partial charge in [-0.15, -0.1) is 0 Å². The number of methoxy groups -OCH3 is 2. The Labute approximate surface area is 132 Å². The van der Waals surface area contributed by atoms with Crippen LogP contribution in [0.3, 0.4) is 0 Å². The number of nitrogens with one attached hydrogen (secondary N) is 1. The third-order valence-corrected chi connectivity index (χ3v) is 3.94. The molecule has 0 amide bonds. The van der Waals surface area contributed by atoms with Crippen LogP contribution in [0.1, 0.15) is 17.2 Å². The Balaban J connectivity index is 2.47. The van der Waals surface area contributed by atoms with Crippen LogP contribution >= 0.6 is 15.9 Å². The Morgan fingerprint density at radius 1 is 1.10 bits per heavy atom. The third kappa shape index (κ3) is 3.19. The van der Waals surface area contributed by atoms with Crippen molar-refractivity contribution in [2.24, 2.45) is 0 Å². The van der Waals surface area contributed by atoms with Crippen molar-refractivity contribution in [1.82, 2.24) is 5.32 Å². The Kier molecular flexibility index (Phi) is 5.20. The Hall–Kier alpha value is -1.59. The molecule has 0 saturated heterocycles. The maximum atomic E-state index is 14.4. The molecule has 2 aromatic carbocycles. The number of benzene rings is 2. The van der Waals surface area contributed by atoms with Crippen LogP contribution in [0.2, 0.25) is 0 Å². The van der Waals surface area contributed by atoms with Gasteiger partial charge in [0, 0.05) is 5.56 Å². The molecule has 0 saturated carbocycles. The molecule has 112 valence electrons. The van der Waals surface area contributed by atoms with Crippen molar-refractivity contribution in [3.05, 3.63) is 57.8 Å². The van der Waals surface area contributed by atoms with Crippen LogP contribution in [0.25, 0.3) is 0 Å². The van der Waals surface area contributed by atoms with Crippen molar-refractivity contribution in [3.8, 4) is 11.5 Å². The zero-order valence-corrected chi connectivity index (χ0v) is 13.7. The minimum absolute atomic E-state index is 0.236. The van der Waals surface area contributed by atoms with Crippen molar-refractivity contribution in [1.29, 1.82) is 0 Å². The maximum Gasteiger partial charge on any atom is 0.170 e. The highest BCUT2D eigenvalue weighted by atomic mass is 79.9. The van der Waals surface area contributed by atoms with Gasteiger partial charge in [-0.25, -0.2) is 4.39 Å². The van der Waals surface area contributed by atoms with Gasteiger partial charge >= 0.3 is 0 Å². The molecule has 0 heterocycles. The first kappa shape index (κ1) is 15.8. The van der Waals surface area contributed by atoms with Gasteiger partial charge in [-0.05, 0) is 46.7 Å². The fourth-order valence-corrected chi connectivity index (χ4v) is 2.83. The highest BCUT2D eigenvalue weighted by Gasteiger charge is 2.19. The molecule has 1 N–H and O–H groups in total. The van der Waals surface area contributed by atoms with Gasteiger partial charge < -0.3 is 14.8 Å². The lowest BCUT2D eigenvalue weighted by Crippen LogP contribution is -2.19. The quantitative estimate of drug-likeness (QED) is 0.883. The summed E-state index contributed by atoms with van der Waals surface area (Å²) in [7, 11) is 4.86. The molecular formula is C16H17BrFNO2. The number of rotatable bonds is 5. The zero-order valence-electron chi connectivity index (χ0n) is 12.1. The molecule has 0 aliphatic rings. The summed E-state index contributed by atoms with van der Waals surface area (Å²) in [5, 5.41) is 3.13. The first-order chi connectivity index (χ1) is 10.1. The Morgan fingerprint density at radius 3 is 2.38 bits per heavy atom. The van der Waals surface area contributed by atoms with Gasteiger partial charge in [0.1, 0.15) is 5.75 Å². The molecule has 21 heavy (non-hydrogen) atoms. The third-order valence-electron chi connectivity index (χ3n) is 3.32. The lowest BCUT2D eigenvalue weighted by Gasteiger charge is -2.19. The van der Waals surface area contributed by atoms with Gasteiger partial charge in [-0.1, -0.05) is 18.2 Å². The lowest BCUT2D eigenvalue weighted by molar-refractivity contribution is 0.382. The van der Waals surface area contributed by atoms with Crippen molar-refractivity contribution >= 4 is 15.9 Å². The second kappa shape index (κ2) is 6.91. The fraction of sp³-hybridized carbons (Fsp3) is 0.250. The van der Waals surface area contributed by atoms with Gasteiger partial charge in [0.2, 0.25) is 0 Å². The molecule has 2 rings (SSSR count). The summed E-state index contributed by atoms with van der Waals surface area (Å²) in [5.41, 5.74) is 1.46. The number of ether oxygens (including phenoxy) is 2. The summed E-state index contributed by atoms with van der Waals surface area (Å²) in [6.07, 6.45) is 0. The van der Waals surface area contributed by atoms with Crippen LogP contribution in [0.15, 0.2) is 40.9 Å². The van der Waals surface area contributed by atoms with Crippen LogP contribution in [-0.2, 0) is 0 Å². The summed E-state index contributed by atoms with van der Waals surface area (Å²) in [5.74, 6) is 0.617. The molecule has 5 heteroatoms. The van der Waals surface area contributed by atoms with Crippen LogP contribution in [0.5, 0.6) is 11.5 Å². The van der Waals surface area contributed by atoms with Gasteiger partial charge in [0.25, 0.3) is 0 Å².